The first-order valence-corrected chi connectivity index (χ1v) is 28.2. The maximum absolute atomic E-state index is 12.8. The summed E-state index contributed by atoms with van der Waals surface area (Å²) in [5.41, 5.74) is 0. The summed E-state index contributed by atoms with van der Waals surface area (Å²) in [4.78, 5) is 38.0. The third-order valence-corrected chi connectivity index (χ3v) is 11.4. The van der Waals surface area contributed by atoms with Crippen LogP contribution in [-0.4, -0.2) is 37.2 Å². The average Bonchev–Trinajstić information content (AvgIpc) is 3.36. The lowest BCUT2D eigenvalue weighted by atomic mass is 10.1. The maximum atomic E-state index is 12.8. The van der Waals surface area contributed by atoms with Crippen LogP contribution in [0.4, 0.5) is 0 Å². The topological polar surface area (TPSA) is 78.9 Å². The standard InChI is InChI=1S/C64H102O6/c1-4-7-10-13-16-19-21-23-25-27-28-29-30-31-32-33-34-35-36-38-39-41-43-45-48-51-54-57-63(66)69-60-61(59-68-62(65)56-53-50-47-18-15-12-9-6-3)70-64(67)58-55-52-49-46-44-42-40-37-26-24-22-20-17-14-11-8-5-2/h7-8,10-11,16-17,19-20,23-26,28-29,31-32,34-35,38-40,42,61H,4-6,9,12-15,18,21-22,27,30,33,36-37,41,43-60H2,1-3H3/b10-7-,11-8-,19-16-,20-17-,25-23-,26-24-,29-28-,32-31-,35-34-,39-38-,42-40-. The molecule has 0 aromatic carbocycles. The highest BCUT2D eigenvalue weighted by Crippen LogP contribution is 2.13. The quantitative estimate of drug-likeness (QED) is 0.0262. The van der Waals surface area contributed by atoms with Crippen molar-refractivity contribution in [3.05, 3.63) is 134 Å². The van der Waals surface area contributed by atoms with Crippen LogP contribution in [-0.2, 0) is 28.6 Å². The summed E-state index contributed by atoms with van der Waals surface area (Å²) >= 11 is 0. The predicted octanol–water partition coefficient (Wildman–Crippen LogP) is 19.0. The fraction of sp³-hybridized carbons (Fsp3) is 0.609. The molecule has 0 spiro atoms. The van der Waals surface area contributed by atoms with E-state index < -0.39 is 6.10 Å². The monoisotopic (exact) mass is 967 g/mol. The molecule has 0 saturated heterocycles. The van der Waals surface area contributed by atoms with Gasteiger partial charge in [-0.1, -0.05) is 231 Å². The van der Waals surface area contributed by atoms with Gasteiger partial charge in [-0.05, 0) is 116 Å². The normalized spacial score (nSPS) is 13.1. The zero-order valence-electron chi connectivity index (χ0n) is 45.0. The molecule has 0 fully saturated rings. The van der Waals surface area contributed by atoms with Crippen molar-refractivity contribution in [1.82, 2.24) is 0 Å². The van der Waals surface area contributed by atoms with Crippen molar-refractivity contribution >= 4 is 17.9 Å². The van der Waals surface area contributed by atoms with Crippen LogP contribution >= 0.6 is 0 Å². The minimum Gasteiger partial charge on any atom is -0.462 e. The lowest BCUT2D eigenvalue weighted by molar-refractivity contribution is -0.167. The Hall–Kier alpha value is -4.45. The van der Waals surface area contributed by atoms with Gasteiger partial charge in [0.2, 0.25) is 0 Å². The highest BCUT2D eigenvalue weighted by Gasteiger charge is 2.19. The molecular weight excluding hydrogens is 865 g/mol. The summed E-state index contributed by atoms with van der Waals surface area (Å²) < 4.78 is 16.8. The van der Waals surface area contributed by atoms with Crippen molar-refractivity contribution in [1.29, 1.82) is 0 Å². The van der Waals surface area contributed by atoms with Crippen LogP contribution in [0.15, 0.2) is 134 Å². The third-order valence-electron chi connectivity index (χ3n) is 11.4. The number of carbonyl (C=O) groups excluding carboxylic acids is 3. The van der Waals surface area contributed by atoms with Gasteiger partial charge in [0.05, 0.1) is 0 Å². The Labute approximate surface area is 430 Å². The minimum absolute atomic E-state index is 0.0976. The van der Waals surface area contributed by atoms with E-state index in [0.29, 0.717) is 19.3 Å². The lowest BCUT2D eigenvalue weighted by Gasteiger charge is -2.18. The molecule has 6 nitrogen and oxygen atoms in total. The average molecular weight is 968 g/mol. The Morgan fingerprint density at radius 3 is 0.871 bits per heavy atom. The second kappa shape index (κ2) is 57.1. The molecule has 0 radical (unpaired) electrons. The number of hydrogen-bond acceptors (Lipinski definition) is 6. The summed E-state index contributed by atoms with van der Waals surface area (Å²) in [7, 11) is 0. The second-order valence-electron chi connectivity index (χ2n) is 18.1. The number of allylic oxidation sites excluding steroid dienone is 22. The predicted molar refractivity (Wildman–Crippen MR) is 302 cm³/mol. The summed E-state index contributed by atoms with van der Waals surface area (Å²) in [6, 6.07) is 0. The zero-order valence-corrected chi connectivity index (χ0v) is 45.0. The Kier molecular flexibility index (Phi) is 53.5. The van der Waals surface area contributed by atoms with E-state index in [1.807, 2.05) is 0 Å². The van der Waals surface area contributed by atoms with Crippen LogP contribution in [0.2, 0.25) is 0 Å². The van der Waals surface area contributed by atoms with Gasteiger partial charge in [-0.2, -0.15) is 0 Å². The van der Waals surface area contributed by atoms with Crippen LogP contribution in [0, 0.1) is 0 Å². The molecule has 0 saturated carbocycles. The molecule has 1 unspecified atom stereocenters. The van der Waals surface area contributed by atoms with Crippen LogP contribution < -0.4 is 0 Å². The van der Waals surface area contributed by atoms with Crippen molar-refractivity contribution in [3.63, 3.8) is 0 Å². The first-order chi connectivity index (χ1) is 34.5. The molecule has 0 aliphatic carbocycles. The van der Waals surface area contributed by atoms with Gasteiger partial charge in [-0.3, -0.25) is 14.4 Å². The molecular formula is C64H102O6. The number of esters is 3. The Morgan fingerprint density at radius 2 is 0.557 bits per heavy atom. The summed E-state index contributed by atoms with van der Waals surface area (Å²) in [5.74, 6) is -0.952. The molecule has 0 aliphatic rings. The maximum Gasteiger partial charge on any atom is 0.306 e. The van der Waals surface area contributed by atoms with Crippen molar-refractivity contribution in [2.75, 3.05) is 13.2 Å². The Bertz CT molecular complexity index is 1530. The Morgan fingerprint density at radius 1 is 0.300 bits per heavy atom. The third kappa shape index (κ3) is 54.5. The van der Waals surface area contributed by atoms with E-state index in [1.165, 1.54) is 32.1 Å². The van der Waals surface area contributed by atoms with Crippen molar-refractivity contribution in [3.8, 4) is 0 Å². The number of hydrogen-bond donors (Lipinski definition) is 0. The van der Waals surface area contributed by atoms with E-state index in [9.17, 15) is 14.4 Å². The molecule has 0 aromatic rings. The first-order valence-electron chi connectivity index (χ1n) is 28.2. The van der Waals surface area contributed by atoms with Gasteiger partial charge in [0.15, 0.2) is 6.10 Å². The van der Waals surface area contributed by atoms with Crippen molar-refractivity contribution in [2.45, 2.75) is 239 Å². The molecule has 6 heteroatoms. The number of unbranched alkanes of at least 4 members (excludes halogenated alkanes) is 16. The largest absolute Gasteiger partial charge is 0.462 e. The first kappa shape index (κ1) is 65.5. The van der Waals surface area contributed by atoms with Crippen molar-refractivity contribution in [2.24, 2.45) is 0 Å². The molecule has 70 heavy (non-hydrogen) atoms. The molecule has 0 bridgehead atoms. The van der Waals surface area contributed by atoms with E-state index in [-0.39, 0.29) is 31.1 Å². The van der Waals surface area contributed by atoms with Gasteiger partial charge in [-0.25, -0.2) is 0 Å². The van der Waals surface area contributed by atoms with Crippen LogP contribution in [0.3, 0.4) is 0 Å². The molecule has 1 atom stereocenters. The molecule has 0 heterocycles. The zero-order chi connectivity index (χ0) is 50.7. The number of rotatable bonds is 49. The number of carbonyl (C=O) groups is 3. The van der Waals surface area contributed by atoms with Crippen LogP contribution in [0.25, 0.3) is 0 Å². The van der Waals surface area contributed by atoms with Crippen molar-refractivity contribution < 1.29 is 28.6 Å². The molecule has 0 aliphatic heterocycles. The summed E-state index contributed by atoms with van der Waals surface area (Å²) in [6.45, 7) is 6.33. The van der Waals surface area contributed by atoms with E-state index in [2.05, 4.69) is 154 Å². The van der Waals surface area contributed by atoms with Gasteiger partial charge in [0.1, 0.15) is 13.2 Å². The van der Waals surface area contributed by atoms with Crippen LogP contribution in [0.5, 0.6) is 0 Å². The fourth-order valence-corrected chi connectivity index (χ4v) is 7.24. The van der Waals surface area contributed by atoms with Gasteiger partial charge in [0.25, 0.3) is 0 Å². The van der Waals surface area contributed by atoms with Crippen LogP contribution in [0.1, 0.15) is 233 Å². The summed E-state index contributed by atoms with van der Waals surface area (Å²) in [6.07, 6.45) is 80.2. The highest BCUT2D eigenvalue weighted by molar-refractivity contribution is 5.71. The molecule has 0 N–H and O–H groups in total. The second-order valence-corrected chi connectivity index (χ2v) is 18.1. The fourth-order valence-electron chi connectivity index (χ4n) is 7.24. The van der Waals surface area contributed by atoms with Gasteiger partial charge >= 0.3 is 17.9 Å². The molecule has 0 amide bonds. The molecule has 0 aromatic heterocycles. The minimum atomic E-state index is -0.801. The molecule has 394 valence electrons. The van der Waals surface area contributed by atoms with Gasteiger partial charge in [0, 0.05) is 19.3 Å². The van der Waals surface area contributed by atoms with Gasteiger partial charge < -0.3 is 14.2 Å². The van der Waals surface area contributed by atoms with E-state index in [0.717, 1.165) is 161 Å². The SMILES string of the molecule is CC/C=C\C/C=C\C/C=C\C/C=C\C/C=C\C/C=C\C/C=C\CCCCCCCC(=O)OCC(COC(=O)CCCCCCCCCC)OC(=O)CCCCCC/C=C\C/C=C\C/C=C\C/C=C\CC. The smallest absolute Gasteiger partial charge is 0.306 e. The Balaban J connectivity index is 4.33. The van der Waals surface area contributed by atoms with Gasteiger partial charge in [-0.15, -0.1) is 0 Å². The van der Waals surface area contributed by atoms with E-state index in [4.69, 9.17) is 14.2 Å². The lowest BCUT2D eigenvalue weighted by Crippen LogP contribution is -2.30. The highest BCUT2D eigenvalue weighted by atomic mass is 16.6. The summed E-state index contributed by atoms with van der Waals surface area (Å²) in [5, 5.41) is 0. The van der Waals surface area contributed by atoms with E-state index >= 15 is 0 Å². The number of ether oxygens (including phenoxy) is 3. The van der Waals surface area contributed by atoms with E-state index in [1.54, 1.807) is 0 Å². The molecule has 0 rings (SSSR count).